The van der Waals surface area contributed by atoms with Crippen LogP contribution < -0.4 is 10.6 Å². The van der Waals surface area contributed by atoms with Crippen LogP contribution in [0.5, 0.6) is 0 Å². The number of nitrogen functional groups attached to an aromatic ring is 1. The van der Waals surface area contributed by atoms with Crippen molar-refractivity contribution in [1.29, 1.82) is 0 Å². The Bertz CT molecular complexity index is 1000. The molecule has 4 aromatic carbocycles. The Morgan fingerprint density at radius 1 is 0.615 bits per heavy atom. The fraction of sp³-hybridized carbons (Fsp3) is 0.0833. The third kappa shape index (κ3) is 2.96. The standard InChI is InChI=1S/C24H22N2/c1-17-7-12-20(13-8-17)26(21-14-10-19(25)11-15-21)24-16-9-18(2)22-5-3-4-6-23(22)24/h3-16H,25H2,1-2H3/p+1. The molecule has 2 heteroatoms. The number of rotatable bonds is 3. The summed E-state index contributed by atoms with van der Waals surface area (Å²) < 4.78 is 0. The Balaban J connectivity index is 1.98. The molecule has 2 nitrogen and oxygen atoms in total. The van der Waals surface area contributed by atoms with E-state index in [-0.39, 0.29) is 0 Å². The van der Waals surface area contributed by atoms with Crippen LogP contribution in [0.25, 0.3) is 10.8 Å². The molecule has 0 saturated heterocycles. The number of fused-ring (bicyclic) bond motifs is 1. The van der Waals surface area contributed by atoms with E-state index in [1.165, 1.54) is 43.9 Å². The maximum Gasteiger partial charge on any atom is 0.149 e. The summed E-state index contributed by atoms with van der Waals surface area (Å²) in [5.74, 6) is 0. The summed E-state index contributed by atoms with van der Waals surface area (Å²) in [5.41, 5.74) is 12.9. The van der Waals surface area contributed by atoms with Crippen LogP contribution in [0.3, 0.4) is 0 Å². The second-order valence-electron chi connectivity index (χ2n) is 6.84. The topological polar surface area (TPSA) is 30.5 Å². The molecule has 1 unspecified atom stereocenters. The number of benzene rings is 4. The van der Waals surface area contributed by atoms with E-state index in [0.29, 0.717) is 0 Å². The van der Waals surface area contributed by atoms with E-state index in [1.807, 2.05) is 12.1 Å². The van der Waals surface area contributed by atoms with Gasteiger partial charge in [0, 0.05) is 41.4 Å². The van der Waals surface area contributed by atoms with Crippen molar-refractivity contribution >= 4 is 33.5 Å². The van der Waals surface area contributed by atoms with Gasteiger partial charge in [-0.15, -0.1) is 0 Å². The maximum atomic E-state index is 5.93. The number of nitrogens with two attached hydrogens (primary N) is 1. The molecule has 0 aliphatic rings. The SMILES string of the molecule is Cc1ccc([NH+](c2ccc(N)cc2)c2ccc(C)c3ccccc23)cc1. The van der Waals surface area contributed by atoms with Crippen LogP contribution in [-0.4, -0.2) is 0 Å². The molecule has 0 amide bonds. The van der Waals surface area contributed by atoms with E-state index in [0.717, 1.165) is 5.69 Å². The minimum atomic E-state index is 0.783. The van der Waals surface area contributed by atoms with Gasteiger partial charge >= 0.3 is 0 Å². The van der Waals surface area contributed by atoms with Crippen LogP contribution in [0.1, 0.15) is 11.1 Å². The Labute approximate surface area is 154 Å². The lowest BCUT2D eigenvalue weighted by Gasteiger charge is -2.21. The van der Waals surface area contributed by atoms with Crippen molar-refractivity contribution in [2.24, 2.45) is 0 Å². The average molecular weight is 339 g/mol. The normalized spacial score (nSPS) is 12.2. The monoisotopic (exact) mass is 339 g/mol. The van der Waals surface area contributed by atoms with Gasteiger partial charge in [0.25, 0.3) is 0 Å². The van der Waals surface area contributed by atoms with Gasteiger partial charge in [-0.25, -0.2) is 4.90 Å². The van der Waals surface area contributed by atoms with Crippen LogP contribution in [0.15, 0.2) is 84.9 Å². The van der Waals surface area contributed by atoms with Crippen molar-refractivity contribution < 1.29 is 4.90 Å². The molecule has 26 heavy (non-hydrogen) atoms. The molecule has 0 spiro atoms. The van der Waals surface area contributed by atoms with Crippen LogP contribution >= 0.6 is 0 Å². The second kappa shape index (κ2) is 6.66. The number of hydrogen-bond acceptors (Lipinski definition) is 1. The van der Waals surface area contributed by atoms with Gasteiger partial charge in [-0.2, -0.15) is 0 Å². The summed E-state index contributed by atoms with van der Waals surface area (Å²) in [6.45, 7) is 4.29. The van der Waals surface area contributed by atoms with E-state index >= 15 is 0 Å². The molecule has 0 aromatic heterocycles. The fourth-order valence-electron chi connectivity index (χ4n) is 3.52. The summed E-state index contributed by atoms with van der Waals surface area (Å²) in [4.78, 5) is 1.24. The third-order valence-corrected chi connectivity index (χ3v) is 4.95. The Morgan fingerprint density at radius 3 is 1.85 bits per heavy atom. The molecule has 0 radical (unpaired) electrons. The number of nitrogens with one attached hydrogen (secondary N) is 1. The first-order chi connectivity index (χ1) is 12.6. The first-order valence-electron chi connectivity index (χ1n) is 8.92. The zero-order valence-electron chi connectivity index (χ0n) is 15.2. The van der Waals surface area contributed by atoms with Crippen LogP contribution in [0.2, 0.25) is 0 Å². The lowest BCUT2D eigenvalue weighted by Crippen LogP contribution is -2.96. The number of aryl methyl sites for hydroxylation is 2. The highest BCUT2D eigenvalue weighted by atomic mass is 15.1. The van der Waals surface area contributed by atoms with Crippen molar-refractivity contribution in [3.63, 3.8) is 0 Å². The van der Waals surface area contributed by atoms with Gasteiger partial charge in [0.1, 0.15) is 17.1 Å². The molecule has 0 saturated carbocycles. The molecule has 0 fully saturated rings. The number of hydrogen-bond donors (Lipinski definition) is 2. The van der Waals surface area contributed by atoms with E-state index in [2.05, 4.69) is 86.6 Å². The van der Waals surface area contributed by atoms with Gasteiger partial charge < -0.3 is 5.73 Å². The van der Waals surface area contributed by atoms with Gasteiger partial charge in [-0.1, -0.05) is 42.0 Å². The van der Waals surface area contributed by atoms with Gasteiger partial charge in [0.15, 0.2) is 0 Å². The van der Waals surface area contributed by atoms with Gasteiger partial charge in [0.05, 0.1) is 0 Å². The van der Waals surface area contributed by atoms with Crippen molar-refractivity contribution in [2.75, 3.05) is 5.73 Å². The first kappa shape index (κ1) is 16.4. The minimum Gasteiger partial charge on any atom is -0.399 e. The Hall–Kier alpha value is -3.10. The van der Waals surface area contributed by atoms with Crippen molar-refractivity contribution in [3.05, 3.63) is 96.1 Å². The molecule has 0 aliphatic carbocycles. The zero-order valence-corrected chi connectivity index (χ0v) is 15.2. The van der Waals surface area contributed by atoms with Crippen molar-refractivity contribution in [1.82, 2.24) is 0 Å². The van der Waals surface area contributed by atoms with Crippen LogP contribution in [0, 0.1) is 13.8 Å². The van der Waals surface area contributed by atoms with Gasteiger partial charge in [0.2, 0.25) is 0 Å². The summed E-state index contributed by atoms with van der Waals surface area (Å²) >= 11 is 0. The lowest BCUT2D eigenvalue weighted by atomic mass is 10.0. The first-order valence-corrected chi connectivity index (χ1v) is 8.92. The van der Waals surface area contributed by atoms with E-state index < -0.39 is 0 Å². The maximum absolute atomic E-state index is 5.93. The predicted octanol–water partition coefficient (Wildman–Crippen LogP) is 5.22. The molecule has 0 aliphatic heterocycles. The summed E-state index contributed by atoms with van der Waals surface area (Å²) in [6, 6.07) is 30.0. The highest BCUT2D eigenvalue weighted by Gasteiger charge is 2.21. The fourth-order valence-corrected chi connectivity index (χ4v) is 3.52. The van der Waals surface area contributed by atoms with E-state index in [4.69, 9.17) is 5.73 Å². The second-order valence-corrected chi connectivity index (χ2v) is 6.84. The molecule has 4 aromatic rings. The van der Waals surface area contributed by atoms with Crippen LogP contribution in [-0.2, 0) is 0 Å². The summed E-state index contributed by atoms with van der Waals surface area (Å²) in [5, 5.41) is 2.57. The number of anilines is 1. The molecule has 0 bridgehead atoms. The smallest absolute Gasteiger partial charge is 0.149 e. The lowest BCUT2D eigenvalue weighted by molar-refractivity contribution is -0.680. The quantitative estimate of drug-likeness (QED) is 0.493. The number of quaternary nitrogens is 1. The molecular formula is C24H23N2+. The van der Waals surface area contributed by atoms with Crippen molar-refractivity contribution in [2.45, 2.75) is 13.8 Å². The van der Waals surface area contributed by atoms with Crippen molar-refractivity contribution in [3.8, 4) is 0 Å². The van der Waals surface area contributed by atoms with E-state index in [1.54, 1.807) is 0 Å². The van der Waals surface area contributed by atoms with E-state index in [9.17, 15) is 0 Å². The van der Waals surface area contributed by atoms with Gasteiger partial charge in [-0.3, -0.25) is 0 Å². The largest absolute Gasteiger partial charge is 0.399 e. The summed E-state index contributed by atoms with van der Waals surface area (Å²) in [7, 11) is 0. The third-order valence-electron chi connectivity index (χ3n) is 4.95. The molecule has 4 rings (SSSR count). The highest BCUT2D eigenvalue weighted by molar-refractivity contribution is 5.93. The summed E-state index contributed by atoms with van der Waals surface area (Å²) in [6.07, 6.45) is 0. The minimum absolute atomic E-state index is 0.783. The Kier molecular flexibility index (Phi) is 4.19. The molecular weight excluding hydrogens is 316 g/mol. The molecule has 0 heterocycles. The molecule has 3 N–H and O–H groups in total. The Morgan fingerprint density at radius 2 is 1.19 bits per heavy atom. The molecule has 1 atom stereocenters. The highest BCUT2D eigenvalue weighted by Crippen LogP contribution is 2.27. The zero-order chi connectivity index (χ0) is 18.1. The van der Waals surface area contributed by atoms with Gasteiger partial charge in [-0.05, 0) is 43.0 Å². The average Bonchev–Trinajstić information content (AvgIpc) is 2.67. The predicted molar refractivity (Wildman–Crippen MR) is 111 cm³/mol. The van der Waals surface area contributed by atoms with Crippen LogP contribution in [0.4, 0.5) is 22.7 Å². The molecule has 128 valence electrons.